The number of nitrogens with one attached hydrogen (secondary N) is 2. The summed E-state index contributed by atoms with van der Waals surface area (Å²) in [6, 6.07) is 0. The van der Waals surface area contributed by atoms with E-state index in [1.165, 1.54) is 0 Å². The number of aromatic amines is 1. The van der Waals surface area contributed by atoms with E-state index in [0.717, 1.165) is 5.39 Å². The van der Waals surface area contributed by atoms with E-state index in [2.05, 4.69) is 25.5 Å². The Morgan fingerprint density at radius 3 is 3.12 bits per heavy atom. The van der Waals surface area contributed by atoms with Gasteiger partial charge in [0.15, 0.2) is 5.65 Å². The fraction of sp³-hybridized carbons (Fsp3) is 0.444. The second-order valence-corrected chi connectivity index (χ2v) is 3.75. The summed E-state index contributed by atoms with van der Waals surface area (Å²) in [4.78, 5) is 8.03. The average Bonchev–Trinajstić information content (AvgIpc) is 2.73. The molecule has 7 heteroatoms. The van der Waals surface area contributed by atoms with Crippen molar-refractivity contribution in [2.24, 2.45) is 0 Å². The summed E-state index contributed by atoms with van der Waals surface area (Å²) >= 11 is 5.76. The maximum absolute atomic E-state index is 9.45. The van der Waals surface area contributed by atoms with Gasteiger partial charge in [-0.1, -0.05) is 6.92 Å². The normalized spacial score (nSPS) is 12.9. The van der Waals surface area contributed by atoms with Gasteiger partial charge in [0.05, 0.1) is 17.7 Å². The van der Waals surface area contributed by atoms with Crippen molar-refractivity contribution in [1.82, 2.24) is 20.2 Å². The molecule has 86 valence electrons. The highest BCUT2D eigenvalue weighted by molar-refractivity contribution is 6.28. The lowest BCUT2D eigenvalue weighted by molar-refractivity contribution is 0.183. The Morgan fingerprint density at radius 1 is 1.56 bits per heavy atom. The summed E-state index contributed by atoms with van der Waals surface area (Å²) in [5, 5.41) is 19.9. The van der Waals surface area contributed by atoms with Gasteiger partial charge in [-0.2, -0.15) is 15.1 Å². The molecule has 1 atom stereocenters. The van der Waals surface area contributed by atoms with Crippen molar-refractivity contribution in [2.45, 2.75) is 19.4 Å². The van der Waals surface area contributed by atoms with Crippen LogP contribution in [-0.2, 0) is 0 Å². The molecule has 1 unspecified atom stereocenters. The molecule has 0 radical (unpaired) electrons. The molecule has 0 fully saturated rings. The van der Waals surface area contributed by atoms with Gasteiger partial charge >= 0.3 is 0 Å². The lowest BCUT2D eigenvalue weighted by atomic mass is 10.3. The largest absolute Gasteiger partial charge is 0.391 e. The average molecular weight is 242 g/mol. The van der Waals surface area contributed by atoms with E-state index in [1.54, 1.807) is 6.20 Å². The molecule has 0 aromatic carbocycles. The van der Waals surface area contributed by atoms with Gasteiger partial charge in [-0.3, -0.25) is 5.10 Å². The summed E-state index contributed by atoms with van der Waals surface area (Å²) in [6.45, 7) is 2.33. The number of halogens is 1. The van der Waals surface area contributed by atoms with Gasteiger partial charge in [-0.15, -0.1) is 0 Å². The monoisotopic (exact) mass is 241 g/mol. The van der Waals surface area contributed by atoms with Crippen molar-refractivity contribution in [3.8, 4) is 0 Å². The van der Waals surface area contributed by atoms with Crippen molar-refractivity contribution in [1.29, 1.82) is 0 Å². The third-order valence-corrected chi connectivity index (χ3v) is 2.43. The number of hydrogen-bond acceptors (Lipinski definition) is 5. The van der Waals surface area contributed by atoms with Crippen LogP contribution in [0, 0.1) is 0 Å². The Hall–Kier alpha value is -1.40. The number of aliphatic hydroxyl groups excluding tert-OH is 1. The quantitative estimate of drug-likeness (QED) is 0.700. The number of nitrogens with zero attached hydrogens (tertiary/aromatic N) is 3. The Balaban J connectivity index is 2.25. The second kappa shape index (κ2) is 4.63. The molecule has 0 aliphatic heterocycles. The molecule has 2 aromatic heterocycles. The molecule has 0 spiro atoms. The van der Waals surface area contributed by atoms with Gasteiger partial charge in [-0.05, 0) is 18.0 Å². The highest BCUT2D eigenvalue weighted by Gasteiger charge is 2.09. The van der Waals surface area contributed by atoms with Crippen molar-refractivity contribution < 1.29 is 5.11 Å². The fourth-order valence-corrected chi connectivity index (χ4v) is 1.47. The summed E-state index contributed by atoms with van der Waals surface area (Å²) in [6.07, 6.45) is 1.89. The maximum atomic E-state index is 9.45. The summed E-state index contributed by atoms with van der Waals surface area (Å²) < 4.78 is 0. The molecule has 0 saturated carbocycles. The molecule has 0 amide bonds. The van der Waals surface area contributed by atoms with Crippen LogP contribution in [0.15, 0.2) is 6.20 Å². The maximum Gasteiger partial charge on any atom is 0.226 e. The van der Waals surface area contributed by atoms with E-state index in [4.69, 9.17) is 11.6 Å². The predicted molar refractivity (Wildman–Crippen MR) is 61.5 cm³/mol. The third kappa shape index (κ3) is 2.23. The van der Waals surface area contributed by atoms with Crippen LogP contribution in [0.5, 0.6) is 0 Å². The van der Waals surface area contributed by atoms with Gasteiger partial charge in [-0.25, -0.2) is 0 Å². The molecular formula is C9H12ClN5O. The number of rotatable bonds is 4. The van der Waals surface area contributed by atoms with E-state index in [0.29, 0.717) is 24.4 Å². The first-order valence-corrected chi connectivity index (χ1v) is 5.37. The first-order valence-electron chi connectivity index (χ1n) is 4.99. The summed E-state index contributed by atoms with van der Waals surface area (Å²) in [5.74, 6) is 0.580. The number of anilines is 1. The van der Waals surface area contributed by atoms with Crippen LogP contribution in [0.2, 0.25) is 5.28 Å². The van der Waals surface area contributed by atoms with E-state index >= 15 is 0 Å². The minimum Gasteiger partial charge on any atom is -0.391 e. The predicted octanol–water partition coefficient (Wildman–Crippen LogP) is 1.19. The van der Waals surface area contributed by atoms with Gasteiger partial charge in [0.2, 0.25) is 5.28 Å². The third-order valence-electron chi connectivity index (χ3n) is 2.26. The first kappa shape index (κ1) is 11.1. The lowest BCUT2D eigenvalue weighted by Gasteiger charge is -2.10. The van der Waals surface area contributed by atoms with Crippen LogP contribution in [0.3, 0.4) is 0 Å². The standard InChI is InChI=1S/C9H12ClN5O/c1-2-5(16)3-11-7-6-4-12-15-8(6)14-9(10)13-7/h4-5,16H,2-3H2,1H3,(H2,11,12,13,14,15). The van der Waals surface area contributed by atoms with Gasteiger partial charge in [0, 0.05) is 6.54 Å². The van der Waals surface area contributed by atoms with Crippen LogP contribution in [0.1, 0.15) is 13.3 Å². The van der Waals surface area contributed by atoms with Crippen molar-refractivity contribution in [2.75, 3.05) is 11.9 Å². The minimum atomic E-state index is -0.407. The summed E-state index contributed by atoms with van der Waals surface area (Å²) in [5.41, 5.74) is 0.577. The highest BCUT2D eigenvalue weighted by atomic mass is 35.5. The Morgan fingerprint density at radius 2 is 2.38 bits per heavy atom. The number of fused-ring (bicyclic) bond motifs is 1. The molecule has 0 bridgehead atoms. The number of aromatic nitrogens is 4. The molecular weight excluding hydrogens is 230 g/mol. The van der Waals surface area contributed by atoms with E-state index in [1.807, 2.05) is 6.92 Å². The Bertz CT molecular complexity index is 486. The van der Waals surface area contributed by atoms with Crippen LogP contribution in [-0.4, -0.2) is 37.9 Å². The van der Waals surface area contributed by atoms with Crippen LogP contribution in [0.4, 0.5) is 5.82 Å². The minimum absolute atomic E-state index is 0.144. The van der Waals surface area contributed by atoms with Crippen LogP contribution >= 0.6 is 11.6 Å². The van der Waals surface area contributed by atoms with E-state index in [-0.39, 0.29) is 5.28 Å². The van der Waals surface area contributed by atoms with Crippen molar-refractivity contribution >= 4 is 28.5 Å². The molecule has 6 nitrogen and oxygen atoms in total. The smallest absolute Gasteiger partial charge is 0.226 e. The molecule has 0 aliphatic carbocycles. The van der Waals surface area contributed by atoms with Crippen molar-refractivity contribution in [3.63, 3.8) is 0 Å². The topological polar surface area (TPSA) is 86.7 Å². The van der Waals surface area contributed by atoms with Gasteiger partial charge in [0.1, 0.15) is 5.82 Å². The van der Waals surface area contributed by atoms with Gasteiger partial charge < -0.3 is 10.4 Å². The summed E-state index contributed by atoms with van der Waals surface area (Å²) in [7, 11) is 0. The fourth-order valence-electron chi connectivity index (χ4n) is 1.30. The Kier molecular flexibility index (Phi) is 3.21. The van der Waals surface area contributed by atoms with E-state index < -0.39 is 6.10 Å². The molecule has 3 N–H and O–H groups in total. The molecule has 0 aliphatic rings. The number of hydrogen-bond donors (Lipinski definition) is 3. The van der Waals surface area contributed by atoms with Crippen molar-refractivity contribution in [3.05, 3.63) is 11.5 Å². The molecule has 16 heavy (non-hydrogen) atoms. The second-order valence-electron chi connectivity index (χ2n) is 3.42. The first-order chi connectivity index (χ1) is 7.70. The van der Waals surface area contributed by atoms with E-state index in [9.17, 15) is 5.11 Å². The highest BCUT2D eigenvalue weighted by Crippen LogP contribution is 2.19. The lowest BCUT2D eigenvalue weighted by Crippen LogP contribution is -2.19. The zero-order valence-electron chi connectivity index (χ0n) is 8.74. The molecule has 2 heterocycles. The molecule has 0 saturated heterocycles. The van der Waals surface area contributed by atoms with Gasteiger partial charge in [0.25, 0.3) is 0 Å². The van der Waals surface area contributed by atoms with Crippen LogP contribution in [0.25, 0.3) is 11.0 Å². The Labute approximate surface area is 97.1 Å². The molecule has 2 rings (SSSR count). The SMILES string of the molecule is CCC(O)CNc1nc(Cl)nc2[nH]ncc12. The number of H-pyrrole nitrogens is 1. The zero-order valence-corrected chi connectivity index (χ0v) is 9.49. The van der Waals surface area contributed by atoms with Crippen LogP contribution < -0.4 is 5.32 Å². The molecule has 2 aromatic rings. The number of aliphatic hydroxyl groups is 1. The zero-order chi connectivity index (χ0) is 11.5.